The first-order chi connectivity index (χ1) is 7.40. The van der Waals surface area contributed by atoms with Crippen LogP contribution >= 0.6 is 0 Å². The van der Waals surface area contributed by atoms with Gasteiger partial charge in [0.05, 0.1) is 11.5 Å². The number of piperidine rings is 1. The highest BCUT2D eigenvalue weighted by Gasteiger charge is 2.40. The van der Waals surface area contributed by atoms with Crippen molar-refractivity contribution in [2.45, 2.75) is 39.2 Å². The van der Waals surface area contributed by atoms with Crippen molar-refractivity contribution in [2.75, 3.05) is 13.1 Å². The fourth-order valence-electron chi connectivity index (χ4n) is 2.36. The van der Waals surface area contributed by atoms with E-state index in [1.54, 1.807) is 6.92 Å². The van der Waals surface area contributed by atoms with Gasteiger partial charge in [-0.25, -0.2) is 0 Å². The maximum atomic E-state index is 11.2. The molecular weight excluding hydrogens is 208 g/mol. The third-order valence-corrected chi connectivity index (χ3v) is 3.40. The highest BCUT2D eigenvalue weighted by molar-refractivity contribution is 5.80. The summed E-state index contributed by atoms with van der Waals surface area (Å²) in [5.41, 5.74) is 4.57. The number of amides is 1. The molecule has 1 heterocycles. The maximum absolute atomic E-state index is 11.2. The predicted molar refractivity (Wildman–Crippen MR) is 59.8 cm³/mol. The molecule has 3 N–H and O–H groups in total. The first-order valence-corrected chi connectivity index (χ1v) is 5.67. The number of hydrogen-bond acceptors (Lipinski definition) is 3. The van der Waals surface area contributed by atoms with Crippen molar-refractivity contribution in [3.8, 4) is 0 Å². The topological polar surface area (TPSA) is 83.6 Å². The largest absolute Gasteiger partial charge is 0.481 e. The molecule has 92 valence electrons. The van der Waals surface area contributed by atoms with E-state index in [0.717, 1.165) is 13.0 Å². The number of nitrogens with zero attached hydrogens (tertiary/aromatic N) is 1. The number of nitrogens with two attached hydrogens (primary N) is 1. The van der Waals surface area contributed by atoms with Crippen LogP contribution in [0.1, 0.15) is 33.1 Å². The van der Waals surface area contributed by atoms with Gasteiger partial charge in [0.15, 0.2) is 0 Å². The molecule has 16 heavy (non-hydrogen) atoms. The molecule has 1 saturated heterocycles. The van der Waals surface area contributed by atoms with Crippen LogP contribution < -0.4 is 5.73 Å². The number of hydrogen-bond donors (Lipinski definition) is 2. The van der Waals surface area contributed by atoms with E-state index in [0.29, 0.717) is 19.4 Å². The smallest absolute Gasteiger partial charge is 0.310 e. The summed E-state index contributed by atoms with van der Waals surface area (Å²) in [5.74, 6) is -1.16. The van der Waals surface area contributed by atoms with Gasteiger partial charge >= 0.3 is 5.97 Å². The van der Waals surface area contributed by atoms with Gasteiger partial charge in [0.25, 0.3) is 0 Å². The van der Waals surface area contributed by atoms with Crippen LogP contribution in [0, 0.1) is 5.41 Å². The van der Waals surface area contributed by atoms with E-state index in [1.807, 2.05) is 11.8 Å². The summed E-state index contributed by atoms with van der Waals surface area (Å²) in [4.78, 5) is 24.3. The van der Waals surface area contributed by atoms with Gasteiger partial charge in [0.1, 0.15) is 0 Å². The number of likely N-dealkylation sites (tertiary alicyclic amines) is 1. The molecule has 1 amide bonds. The van der Waals surface area contributed by atoms with Gasteiger partial charge in [-0.1, -0.05) is 6.92 Å². The van der Waals surface area contributed by atoms with E-state index in [2.05, 4.69) is 0 Å². The second-order valence-electron chi connectivity index (χ2n) is 4.77. The van der Waals surface area contributed by atoms with Crippen LogP contribution in [0.2, 0.25) is 0 Å². The van der Waals surface area contributed by atoms with Crippen LogP contribution in [0.4, 0.5) is 0 Å². The van der Waals surface area contributed by atoms with E-state index in [1.165, 1.54) is 0 Å². The van der Waals surface area contributed by atoms with Crippen LogP contribution in [0.15, 0.2) is 0 Å². The Morgan fingerprint density at radius 2 is 2.19 bits per heavy atom. The fraction of sp³-hybridized carbons (Fsp3) is 0.818. The van der Waals surface area contributed by atoms with Crippen molar-refractivity contribution >= 4 is 11.9 Å². The Labute approximate surface area is 95.6 Å². The first-order valence-electron chi connectivity index (χ1n) is 5.67. The standard InChI is InChI=1S/C11H20N2O3/c1-3-8(9(12)14)13-6-4-5-11(2,7-13)10(15)16/h8H,3-7H2,1-2H3,(H2,12,14)(H,15,16). The van der Waals surface area contributed by atoms with Gasteiger partial charge in [0.2, 0.25) is 5.91 Å². The SMILES string of the molecule is CCC(C(N)=O)N1CCCC(C)(C(=O)O)C1. The third-order valence-electron chi connectivity index (χ3n) is 3.40. The van der Waals surface area contributed by atoms with Gasteiger partial charge in [-0.05, 0) is 32.7 Å². The number of carboxylic acid groups (broad SMARTS) is 1. The van der Waals surface area contributed by atoms with Crippen LogP contribution in [0.5, 0.6) is 0 Å². The first kappa shape index (κ1) is 13.0. The summed E-state index contributed by atoms with van der Waals surface area (Å²) in [5, 5.41) is 9.17. The average Bonchev–Trinajstić information content (AvgIpc) is 2.18. The Balaban J connectivity index is 2.77. The molecule has 0 aliphatic carbocycles. The molecule has 1 aliphatic rings. The number of carboxylic acids is 1. The second-order valence-corrected chi connectivity index (χ2v) is 4.77. The monoisotopic (exact) mass is 228 g/mol. The van der Waals surface area contributed by atoms with Crippen molar-refractivity contribution < 1.29 is 14.7 Å². The summed E-state index contributed by atoms with van der Waals surface area (Å²) >= 11 is 0. The summed E-state index contributed by atoms with van der Waals surface area (Å²) in [6, 6.07) is -0.334. The Morgan fingerprint density at radius 3 is 2.62 bits per heavy atom. The van der Waals surface area contributed by atoms with E-state index < -0.39 is 11.4 Å². The minimum Gasteiger partial charge on any atom is -0.481 e. The second kappa shape index (κ2) is 4.82. The van der Waals surface area contributed by atoms with Gasteiger partial charge < -0.3 is 10.8 Å². The summed E-state index contributed by atoms with van der Waals surface area (Å²) < 4.78 is 0. The molecule has 1 rings (SSSR count). The minimum atomic E-state index is -0.795. The lowest BCUT2D eigenvalue weighted by Crippen LogP contribution is -2.53. The number of carbonyl (C=O) groups excluding carboxylic acids is 1. The van der Waals surface area contributed by atoms with E-state index in [9.17, 15) is 9.59 Å². The fourth-order valence-corrected chi connectivity index (χ4v) is 2.36. The molecule has 0 bridgehead atoms. The highest BCUT2D eigenvalue weighted by atomic mass is 16.4. The zero-order valence-electron chi connectivity index (χ0n) is 9.90. The number of rotatable bonds is 4. The minimum absolute atomic E-state index is 0.334. The molecule has 0 radical (unpaired) electrons. The van der Waals surface area contributed by atoms with Crippen LogP contribution in [-0.4, -0.2) is 41.0 Å². The van der Waals surface area contributed by atoms with Crippen molar-refractivity contribution in [1.82, 2.24) is 4.90 Å². The molecule has 1 aliphatic heterocycles. The van der Waals surface area contributed by atoms with E-state index in [-0.39, 0.29) is 11.9 Å². The van der Waals surface area contributed by atoms with Gasteiger partial charge in [-0.2, -0.15) is 0 Å². The molecule has 0 aromatic rings. The lowest BCUT2D eigenvalue weighted by Gasteiger charge is -2.40. The van der Waals surface area contributed by atoms with Crippen molar-refractivity contribution in [2.24, 2.45) is 11.1 Å². The van der Waals surface area contributed by atoms with Crippen molar-refractivity contribution in [3.63, 3.8) is 0 Å². The van der Waals surface area contributed by atoms with Gasteiger partial charge in [-0.3, -0.25) is 14.5 Å². The van der Waals surface area contributed by atoms with Gasteiger partial charge in [0, 0.05) is 6.54 Å². The van der Waals surface area contributed by atoms with E-state index >= 15 is 0 Å². The molecule has 2 atom stereocenters. The van der Waals surface area contributed by atoms with Crippen molar-refractivity contribution in [3.05, 3.63) is 0 Å². The van der Waals surface area contributed by atoms with Crippen LogP contribution in [0.25, 0.3) is 0 Å². The predicted octanol–water partition coefficient (Wildman–Crippen LogP) is 0.437. The van der Waals surface area contributed by atoms with E-state index in [4.69, 9.17) is 10.8 Å². The average molecular weight is 228 g/mol. The zero-order valence-corrected chi connectivity index (χ0v) is 9.90. The Bertz CT molecular complexity index is 293. The summed E-state index contributed by atoms with van der Waals surface area (Å²) in [6.07, 6.45) is 2.09. The molecule has 1 fully saturated rings. The number of primary amides is 1. The molecule has 5 nitrogen and oxygen atoms in total. The maximum Gasteiger partial charge on any atom is 0.310 e. The lowest BCUT2D eigenvalue weighted by molar-refractivity contribution is -0.152. The molecule has 0 aromatic carbocycles. The Hall–Kier alpha value is -1.10. The summed E-state index contributed by atoms with van der Waals surface area (Å²) in [7, 11) is 0. The van der Waals surface area contributed by atoms with Gasteiger partial charge in [-0.15, -0.1) is 0 Å². The lowest BCUT2D eigenvalue weighted by atomic mass is 9.81. The third kappa shape index (κ3) is 2.52. The Morgan fingerprint density at radius 1 is 1.56 bits per heavy atom. The zero-order chi connectivity index (χ0) is 12.3. The molecule has 0 aromatic heterocycles. The number of aliphatic carboxylic acids is 1. The molecule has 0 spiro atoms. The number of carbonyl (C=O) groups is 2. The normalized spacial score (nSPS) is 28.6. The molecule has 5 heteroatoms. The van der Waals surface area contributed by atoms with Crippen molar-refractivity contribution in [1.29, 1.82) is 0 Å². The molecule has 2 unspecified atom stereocenters. The Kier molecular flexibility index (Phi) is 3.91. The highest BCUT2D eigenvalue weighted by Crippen LogP contribution is 2.31. The van der Waals surface area contributed by atoms with Crippen LogP contribution in [0.3, 0.4) is 0 Å². The summed E-state index contributed by atoms with van der Waals surface area (Å²) in [6.45, 7) is 4.78. The quantitative estimate of drug-likeness (QED) is 0.731. The molecule has 0 saturated carbocycles. The molecular formula is C11H20N2O3. The van der Waals surface area contributed by atoms with Crippen LogP contribution in [-0.2, 0) is 9.59 Å².